The fourth-order valence-electron chi connectivity index (χ4n) is 0.921. The summed E-state index contributed by atoms with van der Waals surface area (Å²) < 4.78 is 0. The van der Waals surface area contributed by atoms with Crippen LogP contribution in [0.25, 0.3) is 0 Å². The van der Waals surface area contributed by atoms with Crippen LogP contribution in [0, 0.1) is 12.3 Å². The minimum absolute atomic E-state index is 0.337. The monoisotopic (exact) mass is 195 g/mol. The van der Waals surface area contributed by atoms with E-state index in [1.54, 1.807) is 0 Å². The van der Waals surface area contributed by atoms with Crippen LogP contribution in [0.2, 0.25) is 0 Å². The standard InChI is InChI=1S/C9H13N3S/c1-7-3-5-8(6-4-7)12(11)9(10)13-2/h3-6,10H,11H2,1-2H3. The second-order valence-electron chi connectivity index (χ2n) is 2.71. The molecule has 0 aliphatic heterocycles. The second kappa shape index (κ2) is 4.30. The lowest BCUT2D eigenvalue weighted by Crippen LogP contribution is -2.34. The van der Waals surface area contributed by atoms with Crippen LogP contribution in [0.3, 0.4) is 0 Å². The van der Waals surface area contributed by atoms with Crippen molar-refractivity contribution in [2.45, 2.75) is 6.92 Å². The van der Waals surface area contributed by atoms with Crippen LogP contribution in [0.4, 0.5) is 5.69 Å². The first-order chi connectivity index (χ1) is 6.15. The van der Waals surface area contributed by atoms with Crippen molar-refractivity contribution in [3.8, 4) is 0 Å². The molecule has 0 radical (unpaired) electrons. The van der Waals surface area contributed by atoms with Crippen LogP contribution in [0.5, 0.6) is 0 Å². The lowest BCUT2D eigenvalue weighted by atomic mass is 10.2. The smallest absolute Gasteiger partial charge is 0.175 e. The highest BCUT2D eigenvalue weighted by Gasteiger charge is 2.05. The number of nitrogens with one attached hydrogen (secondary N) is 1. The van der Waals surface area contributed by atoms with E-state index in [-0.39, 0.29) is 0 Å². The lowest BCUT2D eigenvalue weighted by molar-refractivity contribution is 1.13. The molecule has 13 heavy (non-hydrogen) atoms. The van der Waals surface area contributed by atoms with Gasteiger partial charge in [0.25, 0.3) is 0 Å². The molecule has 4 heteroatoms. The molecule has 1 aromatic rings. The van der Waals surface area contributed by atoms with Gasteiger partial charge in [0.05, 0.1) is 5.69 Å². The molecule has 0 aliphatic rings. The van der Waals surface area contributed by atoms with Crippen molar-refractivity contribution in [3.05, 3.63) is 29.8 Å². The summed E-state index contributed by atoms with van der Waals surface area (Å²) in [6, 6.07) is 7.76. The van der Waals surface area contributed by atoms with Crippen molar-refractivity contribution >= 4 is 22.6 Å². The van der Waals surface area contributed by atoms with Gasteiger partial charge in [0.1, 0.15) is 0 Å². The van der Waals surface area contributed by atoms with Crippen molar-refractivity contribution in [1.29, 1.82) is 5.41 Å². The number of thioether (sulfide) groups is 1. The zero-order valence-corrected chi connectivity index (χ0v) is 8.56. The molecule has 3 N–H and O–H groups in total. The van der Waals surface area contributed by atoms with Crippen molar-refractivity contribution in [1.82, 2.24) is 0 Å². The number of nitrogens with two attached hydrogens (primary N) is 1. The Morgan fingerprint density at radius 3 is 2.38 bits per heavy atom. The molecule has 0 amide bonds. The highest BCUT2D eigenvalue weighted by atomic mass is 32.2. The van der Waals surface area contributed by atoms with E-state index in [9.17, 15) is 0 Å². The number of rotatable bonds is 1. The van der Waals surface area contributed by atoms with Gasteiger partial charge in [0, 0.05) is 0 Å². The van der Waals surface area contributed by atoms with Crippen molar-refractivity contribution in [3.63, 3.8) is 0 Å². The van der Waals surface area contributed by atoms with Crippen LogP contribution in [0.1, 0.15) is 5.56 Å². The van der Waals surface area contributed by atoms with E-state index >= 15 is 0 Å². The SMILES string of the molecule is CSC(=N)N(N)c1ccc(C)cc1. The molecule has 0 unspecified atom stereocenters. The molecule has 0 fully saturated rings. The molecule has 1 aromatic carbocycles. The molecule has 3 nitrogen and oxygen atoms in total. The average molecular weight is 195 g/mol. The fraction of sp³-hybridized carbons (Fsp3) is 0.222. The van der Waals surface area contributed by atoms with E-state index < -0.39 is 0 Å². The summed E-state index contributed by atoms with van der Waals surface area (Å²) in [5, 5.41) is 9.20. The summed E-state index contributed by atoms with van der Waals surface area (Å²) in [6.45, 7) is 2.02. The van der Waals surface area contributed by atoms with E-state index in [4.69, 9.17) is 11.3 Å². The Morgan fingerprint density at radius 1 is 1.38 bits per heavy atom. The number of hydrazine groups is 1. The summed E-state index contributed by atoms with van der Waals surface area (Å²) >= 11 is 1.32. The zero-order valence-electron chi connectivity index (χ0n) is 7.74. The van der Waals surface area contributed by atoms with E-state index in [2.05, 4.69) is 0 Å². The highest BCUT2D eigenvalue weighted by molar-refractivity contribution is 8.13. The second-order valence-corrected chi connectivity index (χ2v) is 3.51. The largest absolute Gasteiger partial charge is 0.277 e. The van der Waals surface area contributed by atoms with Gasteiger partial charge in [0.15, 0.2) is 5.17 Å². The molecule has 0 bridgehead atoms. The number of nitrogens with zero attached hydrogens (tertiary/aromatic N) is 1. The van der Waals surface area contributed by atoms with Crippen LogP contribution in [-0.2, 0) is 0 Å². The molecule has 0 spiro atoms. The summed E-state index contributed by atoms with van der Waals surface area (Å²) in [5.74, 6) is 5.69. The van der Waals surface area contributed by atoms with Gasteiger partial charge in [-0.3, -0.25) is 10.4 Å². The van der Waals surface area contributed by atoms with Gasteiger partial charge < -0.3 is 0 Å². The van der Waals surface area contributed by atoms with Crippen molar-refractivity contribution in [2.75, 3.05) is 11.3 Å². The quantitative estimate of drug-likeness (QED) is 0.312. The van der Waals surface area contributed by atoms with Gasteiger partial charge in [-0.1, -0.05) is 29.5 Å². The minimum Gasteiger partial charge on any atom is -0.277 e. The van der Waals surface area contributed by atoms with E-state index in [0.29, 0.717) is 5.17 Å². The predicted molar refractivity (Wildman–Crippen MR) is 59.1 cm³/mol. The summed E-state index contributed by atoms with van der Waals surface area (Å²) in [7, 11) is 0. The zero-order chi connectivity index (χ0) is 9.84. The third-order valence-electron chi connectivity index (χ3n) is 1.72. The van der Waals surface area contributed by atoms with Gasteiger partial charge in [-0.15, -0.1) is 0 Å². The third kappa shape index (κ3) is 2.47. The number of amidine groups is 1. The van der Waals surface area contributed by atoms with Gasteiger partial charge in [-0.2, -0.15) is 0 Å². The molecule has 0 atom stereocenters. The molecule has 70 valence electrons. The Kier molecular flexibility index (Phi) is 3.33. The van der Waals surface area contributed by atoms with E-state index in [1.165, 1.54) is 22.3 Å². The molecular weight excluding hydrogens is 182 g/mol. The van der Waals surface area contributed by atoms with Gasteiger partial charge in [0.2, 0.25) is 0 Å². The number of anilines is 1. The first kappa shape index (κ1) is 10.1. The number of hydrogen-bond acceptors (Lipinski definition) is 3. The molecule has 0 saturated carbocycles. The molecule has 0 saturated heterocycles. The van der Waals surface area contributed by atoms with Crippen LogP contribution in [0.15, 0.2) is 24.3 Å². The summed E-state index contributed by atoms with van der Waals surface area (Å²) in [5.41, 5.74) is 2.03. The fourth-order valence-corrected chi connectivity index (χ4v) is 1.22. The first-order valence-corrected chi connectivity index (χ1v) is 5.11. The molecule has 0 aliphatic carbocycles. The maximum atomic E-state index is 7.50. The molecule has 0 heterocycles. The van der Waals surface area contributed by atoms with Gasteiger partial charge in [-0.25, -0.2) is 5.84 Å². The Balaban J connectivity index is 2.83. The van der Waals surface area contributed by atoms with Crippen molar-refractivity contribution in [2.24, 2.45) is 5.84 Å². The topological polar surface area (TPSA) is 53.1 Å². The van der Waals surface area contributed by atoms with Crippen LogP contribution in [-0.4, -0.2) is 11.4 Å². The van der Waals surface area contributed by atoms with E-state index in [1.807, 2.05) is 37.4 Å². The minimum atomic E-state index is 0.337. The normalized spacial score (nSPS) is 9.77. The highest BCUT2D eigenvalue weighted by Crippen LogP contribution is 2.14. The summed E-state index contributed by atoms with van der Waals surface area (Å²) in [6.07, 6.45) is 1.83. The maximum absolute atomic E-state index is 7.50. The average Bonchev–Trinajstić information content (AvgIpc) is 2.17. The van der Waals surface area contributed by atoms with Gasteiger partial charge in [-0.05, 0) is 25.3 Å². The maximum Gasteiger partial charge on any atom is 0.175 e. The predicted octanol–water partition coefficient (Wildman–Crippen LogP) is 1.97. The van der Waals surface area contributed by atoms with Crippen molar-refractivity contribution < 1.29 is 0 Å². The Hall–Kier alpha value is -1.00. The number of aryl methyl sites for hydroxylation is 1. The Morgan fingerprint density at radius 2 is 1.92 bits per heavy atom. The molecule has 1 rings (SSSR count). The Labute approximate surface area is 82.4 Å². The third-order valence-corrected chi connectivity index (χ3v) is 2.31. The molecule has 0 aromatic heterocycles. The van der Waals surface area contributed by atoms with Crippen LogP contribution < -0.4 is 10.9 Å². The molecular formula is C9H13N3S. The number of benzene rings is 1. The van der Waals surface area contributed by atoms with Crippen LogP contribution >= 0.6 is 11.8 Å². The lowest BCUT2D eigenvalue weighted by Gasteiger charge is -2.17. The van der Waals surface area contributed by atoms with Gasteiger partial charge >= 0.3 is 0 Å². The van der Waals surface area contributed by atoms with E-state index in [0.717, 1.165) is 5.69 Å². The Bertz CT molecular complexity index is 294. The number of hydrogen-bond donors (Lipinski definition) is 2. The first-order valence-electron chi connectivity index (χ1n) is 3.89. The summed E-state index contributed by atoms with van der Waals surface area (Å²) in [4.78, 5) is 0.